The van der Waals surface area contributed by atoms with Crippen LogP contribution in [0.25, 0.3) is 5.69 Å². The highest BCUT2D eigenvalue weighted by Gasteiger charge is 2.21. The maximum atomic E-state index is 13.5. The van der Waals surface area contributed by atoms with E-state index in [9.17, 15) is 22.7 Å². The Kier molecular flexibility index (Phi) is 6.78. The summed E-state index contributed by atoms with van der Waals surface area (Å²) in [7, 11) is -3.37. The van der Waals surface area contributed by atoms with Crippen LogP contribution in [0.5, 0.6) is 0 Å². The first-order valence-corrected chi connectivity index (χ1v) is 12.1. The normalized spacial score (nSPS) is 12.6. The van der Waals surface area contributed by atoms with Crippen molar-refractivity contribution in [3.05, 3.63) is 75.8 Å². The van der Waals surface area contributed by atoms with Crippen molar-refractivity contribution in [2.75, 3.05) is 11.6 Å². The van der Waals surface area contributed by atoms with E-state index in [0.717, 1.165) is 6.26 Å². The number of nitrogens with zero attached hydrogens (tertiary/aromatic N) is 1. The molecular formula is C23H24ClFN2O4S. The number of carbonyl (C=O) groups excluding carboxylic acids is 1. The largest absolute Gasteiger partial charge is 0.393 e. The van der Waals surface area contributed by atoms with Gasteiger partial charge in [-0.15, -0.1) is 0 Å². The Labute approximate surface area is 191 Å². The van der Waals surface area contributed by atoms with Gasteiger partial charge in [-0.1, -0.05) is 11.6 Å². The van der Waals surface area contributed by atoms with E-state index in [4.69, 9.17) is 11.6 Å². The summed E-state index contributed by atoms with van der Waals surface area (Å²) >= 11 is 6.26. The minimum absolute atomic E-state index is 0.175. The molecule has 0 radical (unpaired) electrons. The zero-order chi connectivity index (χ0) is 23.8. The molecule has 1 amide bonds. The molecular weight excluding hydrogens is 455 g/mol. The van der Waals surface area contributed by atoms with E-state index in [1.807, 2.05) is 0 Å². The molecule has 2 N–H and O–H groups in total. The molecule has 0 fully saturated rings. The van der Waals surface area contributed by atoms with Crippen molar-refractivity contribution < 1.29 is 22.7 Å². The van der Waals surface area contributed by atoms with Gasteiger partial charge in [-0.05, 0) is 68.8 Å². The van der Waals surface area contributed by atoms with Gasteiger partial charge in [0.2, 0.25) is 0 Å². The van der Waals surface area contributed by atoms with E-state index in [1.165, 1.54) is 30.3 Å². The highest BCUT2D eigenvalue weighted by atomic mass is 35.5. The number of benzene rings is 2. The van der Waals surface area contributed by atoms with Crippen molar-refractivity contribution in [1.29, 1.82) is 0 Å². The van der Waals surface area contributed by atoms with Crippen LogP contribution in [0.3, 0.4) is 0 Å². The van der Waals surface area contributed by atoms with Crippen LogP contribution in [0.15, 0.2) is 47.4 Å². The fourth-order valence-electron chi connectivity index (χ4n) is 3.69. The number of rotatable bonds is 6. The number of sulfone groups is 1. The number of aromatic nitrogens is 1. The lowest BCUT2D eigenvalue weighted by Crippen LogP contribution is -2.14. The van der Waals surface area contributed by atoms with Crippen molar-refractivity contribution in [2.24, 2.45) is 0 Å². The third-order valence-corrected chi connectivity index (χ3v) is 6.62. The number of halogens is 2. The van der Waals surface area contributed by atoms with Gasteiger partial charge in [-0.3, -0.25) is 4.79 Å². The minimum Gasteiger partial charge on any atom is -0.393 e. The molecule has 170 valence electrons. The number of aryl methyl sites for hydroxylation is 1. The molecule has 0 saturated carbocycles. The van der Waals surface area contributed by atoms with E-state index in [1.54, 1.807) is 37.5 Å². The average Bonchev–Trinajstić information content (AvgIpc) is 2.96. The molecule has 0 aliphatic carbocycles. The third kappa shape index (κ3) is 5.03. The third-order valence-electron chi connectivity index (χ3n) is 5.06. The van der Waals surface area contributed by atoms with Crippen LogP contribution in [0, 0.1) is 19.7 Å². The van der Waals surface area contributed by atoms with E-state index < -0.39 is 27.7 Å². The van der Waals surface area contributed by atoms with Crippen molar-refractivity contribution in [3.8, 4) is 5.69 Å². The SMILES string of the molecule is Cc1cc(NC(=O)c2cc(CC(C)O)n(-c3ccc(F)cc3Cl)c2C)ccc1S(C)(=O)=O. The number of anilines is 1. The standard InChI is InChI=1S/C23H24ClFN2O4S/c1-13-9-17(6-8-22(13)32(4,30)31)26-23(29)19-12-18(10-14(2)28)27(15(19)3)21-7-5-16(25)11-20(21)24/h5-9,11-12,14,28H,10H2,1-4H3,(H,26,29). The molecule has 0 aliphatic rings. The Morgan fingerprint density at radius 1 is 1.19 bits per heavy atom. The molecule has 1 aromatic heterocycles. The summed E-state index contributed by atoms with van der Waals surface area (Å²) in [4.78, 5) is 13.2. The number of hydrogen-bond acceptors (Lipinski definition) is 4. The van der Waals surface area contributed by atoms with Gasteiger partial charge in [0.1, 0.15) is 5.82 Å². The van der Waals surface area contributed by atoms with Crippen molar-refractivity contribution >= 4 is 33.0 Å². The van der Waals surface area contributed by atoms with E-state index in [2.05, 4.69) is 5.32 Å². The first-order valence-electron chi connectivity index (χ1n) is 9.85. The average molecular weight is 479 g/mol. The van der Waals surface area contributed by atoms with Crippen LogP contribution in [-0.2, 0) is 16.3 Å². The highest BCUT2D eigenvalue weighted by molar-refractivity contribution is 7.90. The first kappa shape index (κ1) is 24.0. The molecule has 2 aromatic carbocycles. The van der Waals surface area contributed by atoms with Gasteiger partial charge in [0.25, 0.3) is 5.91 Å². The number of hydrogen-bond donors (Lipinski definition) is 2. The van der Waals surface area contributed by atoms with Crippen LogP contribution in [0.2, 0.25) is 5.02 Å². The predicted octanol–water partition coefficient (Wildman–Crippen LogP) is 4.47. The summed E-state index contributed by atoms with van der Waals surface area (Å²) in [5.41, 5.74) is 3.02. The highest BCUT2D eigenvalue weighted by Crippen LogP contribution is 2.29. The summed E-state index contributed by atoms with van der Waals surface area (Å²) < 4.78 is 38.9. The van der Waals surface area contributed by atoms with E-state index >= 15 is 0 Å². The fourth-order valence-corrected chi connectivity index (χ4v) is 4.90. The number of aliphatic hydroxyl groups excluding tert-OH is 1. The molecule has 1 atom stereocenters. The summed E-state index contributed by atoms with van der Waals surface area (Å²) in [6.07, 6.45) is 0.706. The lowest BCUT2D eigenvalue weighted by atomic mass is 10.1. The second kappa shape index (κ2) is 9.05. The van der Waals surface area contributed by atoms with Gasteiger partial charge in [-0.25, -0.2) is 12.8 Å². The Hall–Kier alpha value is -2.68. The molecule has 0 spiro atoms. The molecule has 9 heteroatoms. The molecule has 6 nitrogen and oxygen atoms in total. The van der Waals surface area contributed by atoms with Crippen LogP contribution < -0.4 is 5.32 Å². The van der Waals surface area contributed by atoms with Crippen LogP contribution >= 0.6 is 11.6 Å². The van der Waals surface area contributed by atoms with Crippen molar-refractivity contribution in [3.63, 3.8) is 0 Å². The summed E-state index contributed by atoms with van der Waals surface area (Å²) in [6.45, 7) is 5.02. The Bertz CT molecular complexity index is 1300. The molecule has 0 saturated heterocycles. The van der Waals surface area contributed by atoms with Gasteiger partial charge < -0.3 is 15.0 Å². The lowest BCUT2D eigenvalue weighted by Gasteiger charge is -2.15. The Balaban J connectivity index is 2.02. The van der Waals surface area contributed by atoms with Crippen LogP contribution in [-0.4, -0.2) is 36.4 Å². The maximum Gasteiger partial charge on any atom is 0.257 e. The van der Waals surface area contributed by atoms with E-state index in [-0.39, 0.29) is 16.3 Å². The molecule has 32 heavy (non-hydrogen) atoms. The summed E-state index contributed by atoms with van der Waals surface area (Å²) in [5.74, 6) is -0.885. The maximum absolute atomic E-state index is 13.5. The second-order valence-corrected chi connectivity index (χ2v) is 10.2. The topological polar surface area (TPSA) is 88.4 Å². The number of carbonyl (C=O) groups is 1. The lowest BCUT2D eigenvalue weighted by molar-refractivity contribution is 0.102. The summed E-state index contributed by atoms with van der Waals surface area (Å²) in [5, 5.41) is 12.9. The molecule has 0 bridgehead atoms. The van der Waals surface area contributed by atoms with Gasteiger partial charge in [0.15, 0.2) is 9.84 Å². The smallest absolute Gasteiger partial charge is 0.257 e. The molecule has 3 rings (SSSR count). The van der Waals surface area contributed by atoms with Crippen molar-refractivity contribution in [2.45, 2.75) is 38.2 Å². The first-order chi connectivity index (χ1) is 14.9. The fraction of sp³-hybridized carbons (Fsp3) is 0.261. The zero-order valence-corrected chi connectivity index (χ0v) is 19.7. The quantitative estimate of drug-likeness (QED) is 0.547. The minimum atomic E-state index is -3.37. The zero-order valence-electron chi connectivity index (χ0n) is 18.1. The molecule has 1 heterocycles. The second-order valence-electron chi connectivity index (χ2n) is 7.83. The Morgan fingerprint density at radius 2 is 1.88 bits per heavy atom. The van der Waals surface area contributed by atoms with Crippen molar-refractivity contribution in [1.82, 2.24) is 4.57 Å². The van der Waals surface area contributed by atoms with E-state index in [0.29, 0.717) is 33.9 Å². The molecule has 3 aromatic rings. The van der Waals surface area contributed by atoms with Gasteiger partial charge in [0, 0.05) is 29.8 Å². The van der Waals surface area contributed by atoms with Gasteiger partial charge >= 0.3 is 0 Å². The van der Waals surface area contributed by atoms with Crippen LogP contribution in [0.1, 0.15) is 34.2 Å². The molecule has 0 aliphatic heterocycles. The summed E-state index contributed by atoms with van der Waals surface area (Å²) in [6, 6.07) is 10.2. The number of nitrogens with one attached hydrogen (secondary N) is 1. The predicted molar refractivity (Wildman–Crippen MR) is 123 cm³/mol. The monoisotopic (exact) mass is 478 g/mol. The van der Waals surface area contributed by atoms with Crippen LogP contribution in [0.4, 0.5) is 10.1 Å². The Morgan fingerprint density at radius 3 is 2.44 bits per heavy atom. The van der Waals surface area contributed by atoms with Gasteiger partial charge in [-0.2, -0.15) is 0 Å². The molecule has 1 unspecified atom stereocenters. The van der Waals surface area contributed by atoms with Gasteiger partial charge in [0.05, 0.1) is 27.3 Å². The number of aliphatic hydroxyl groups is 1. The number of amides is 1.